The number of rotatable bonds is 7. The molecule has 1 aliphatic rings. The summed E-state index contributed by atoms with van der Waals surface area (Å²) in [7, 11) is 0. The zero-order valence-corrected chi connectivity index (χ0v) is 11.3. The monoisotopic (exact) mass is 226 g/mol. The van der Waals surface area contributed by atoms with Gasteiger partial charge in [0.05, 0.1) is 0 Å². The zero-order chi connectivity index (χ0) is 12.0. The smallest absolute Gasteiger partial charge is 0.00697 e. The molecule has 16 heavy (non-hydrogen) atoms. The summed E-state index contributed by atoms with van der Waals surface area (Å²) in [5.74, 6) is 2.42. The van der Waals surface area contributed by atoms with Gasteiger partial charge in [-0.3, -0.25) is 0 Å². The highest BCUT2D eigenvalue weighted by Gasteiger charge is 2.20. The second-order valence-electron chi connectivity index (χ2n) is 6.09. The average Bonchev–Trinajstić information content (AvgIpc) is 2.62. The van der Waals surface area contributed by atoms with Crippen LogP contribution in [0.5, 0.6) is 0 Å². The van der Waals surface area contributed by atoms with E-state index >= 15 is 0 Å². The molecule has 0 aromatic heterocycles. The number of nitrogens with one attached hydrogen (secondary N) is 1. The number of nitrogens with two attached hydrogens (primary N) is 1. The Kier molecular flexibility index (Phi) is 6.37. The molecule has 96 valence electrons. The summed E-state index contributed by atoms with van der Waals surface area (Å²) in [5.41, 5.74) is 5.81. The van der Waals surface area contributed by atoms with Gasteiger partial charge in [-0.2, -0.15) is 0 Å². The van der Waals surface area contributed by atoms with E-state index in [4.69, 9.17) is 5.73 Å². The van der Waals surface area contributed by atoms with Crippen molar-refractivity contribution in [1.29, 1.82) is 0 Å². The molecular weight excluding hydrogens is 196 g/mol. The van der Waals surface area contributed by atoms with Gasteiger partial charge in [-0.25, -0.2) is 0 Å². The standard InChI is InChI=1S/C14H30N2/c1-11(2)8-13(10-15)6-7-16-14-5-4-12(3)9-14/h11-14,16H,4-10,15H2,1-3H3. The lowest BCUT2D eigenvalue weighted by Gasteiger charge is -2.19. The molecule has 0 amide bonds. The van der Waals surface area contributed by atoms with Gasteiger partial charge in [-0.15, -0.1) is 0 Å². The fraction of sp³-hybridized carbons (Fsp3) is 1.00. The highest BCUT2D eigenvalue weighted by atomic mass is 14.9. The lowest BCUT2D eigenvalue weighted by Crippen LogP contribution is -2.30. The Bertz CT molecular complexity index is 180. The minimum Gasteiger partial charge on any atom is -0.330 e. The Morgan fingerprint density at radius 3 is 2.56 bits per heavy atom. The number of hydrogen-bond donors (Lipinski definition) is 2. The molecule has 1 rings (SSSR count). The van der Waals surface area contributed by atoms with Crippen LogP contribution in [0.2, 0.25) is 0 Å². The second-order valence-corrected chi connectivity index (χ2v) is 6.09. The van der Waals surface area contributed by atoms with Crippen molar-refractivity contribution in [1.82, 2.24) is 5.32 Å². The van der Waals surface area contributed by atoms with Crippen LogP contribution in [0.4, 0.5) is 0 Å². The first-order valence-electron chi connectivity index (χ1n) is 7.05. The summed E-state index contributed by atoms with van der Waals surface area (Å²) >= 11 is 0. The van der Waals surface area contributed by atoms with Gasteiger partial charge in [0.2, 0.25) is 0 Å². The van der Waals surface area contributed by atoms with Gasteiger partial charge in [-0.05, 0) is 62.9 Å². The summed E-state index contributed by atoms with van der Waals surface area (Å²) in [6.07, 6.45) is 6.68. The van der Waals surface area contributed by atoms with Crippen LogP contribution in [0.15, 0.2) is 0 Å². The van der Waals surface area contributed by atoms with Gasteiger partial charge in [0, 0.05) is 6.04 Å². The van der Waals surface area contributed by atoms with Crippen LogP contribution in [-0.4, -0.2) is 19.1 Å². The highest BCUT2D eigenvalue weighted by molar-refractivity contribution is 4.78. The molecule has 0 aromatic carbocycles. The molecule has 1 fully saturated rings. The Labute approximate surface area is 101 Å². The van der Waals surface area contributed by atoms with Gasteiger partial charge in [0.1, 0.15) is 0 Å². The van der Waals surface area contributed by atoms with Crippen molar-refractivity contribution >= 4 is 0 Å². The third-order valence-electron chi connectivity index (χ3n) is 3.82. The third-order valence-corrected chi connectivity index (χ3v) is 3.82. The topological polar surface area (TPSA) is 38.0 Å². The molecule has 3 N–H and O–H groups in total. The van der Waals surface area contributed by atoms with Crippen molar-refractivity contribution in [2.75, 3.05) is 13.1 Å². The van der Waals surface area contributed by atoms with E-state index in [1.54, 1.807) is 0 Å². The Morgan fingerprint density at radius 2 is 2.06 bits per heavy atom. The summed E-state index contributed by atoms with van der Waals surface area (Å²) < 4.78 is 0. The molecule has 1 aliphatic carbocycles. The van der Waals surface area contributed by atoms with Gasteiger partial charge in [0.15, 0.2) is 0 Å². The first-order chi connectivity index (χ1) is 7.61. The molecule has 0 spiro atoms. The molecule has 1 saturated carbocycles. The Morgan fingerprint density at radius 1 is 1.31 bits per heavy atom. The van der Waals surface area contributed by atoms with Crippen molar-refractivity contribution in [3.8, 4) is 0 Å². The molecule has 0 bridgehead atoms. The van der Waals surface area contributed by atoms with Crippen LogP contribution in [0.25, 0.3) is 0 Å². The molecule has 2 heteroatoms. The van der Waals surface area contributed by atoms with E-state index in [1.165, 1.54) is 32.1 Å². The molecule has 3 unspecified atom stereocenters. The molecule has 0 heterocycles. The van der Waals surface area contributed by atoms with E-state index in [0.717, 1.165) is 31.0 Å². The lowest BCUT2D eigenvalue weighted by atomic mass is 9.94. The van der Waals surface area contributed by atoms with Crippen LogP contribution in [0, 0.1) is 17.8 Å². The van der Waals surface area contributed by atoms with Gasteiger partial charge in [0.25, 0.3) is 0 Å². The quantitative estimate of drug-likeness (QED) is 0.700. The van der Waals surface area contributed by atoms with Crippen molar-refractivity contribution < 1.29 is 0 Å². The van der Waals surface area contributed by atoms with Crippen LogP contribution in [0.1, 0.15) is 52.9 Å². The largest absolute Gasteiger partial charge is 0.330 e. The fourth-order valence-corrected chi connectivity index (χ4v) is 2.88. The Hall–Kier alpha value is -0.0800. The predicted octanol–water partition coefficient (Wildman–Crippen LogP) is 2.78. The van der Waals surface area contributed by atoms with Gasteiger partial charge in [-0.1, -0.05) is 20.8 Å². The Balaban J connectivity index is 2.08. The third kappa shape index (κ3) is 5.31. The maximum atomic E-state index is 5.81. The van der Waals surface area contributed by atoms with Crippen LogP contribution < -0.4 is 11.1 Å². The summed E-state index contributed by atoms with van der Waals surface area (Å²) in [5, 5.41) is 3.69. The summed E-state index contributed by atoms with van der Waals surface area (Å²) in [4.78, 5) is 0. The number of hydrogen-bond acceptors (Lipinski definition) is 2. The van der Waals surface area contributed by atoms with E-state index in [-0.39, 0.29) is 0 Å². The van der Waals surface area contributed by atoms with E-state index in [0.29, 0.717) is 5.92 Å². The van der Waals surface area contributed by atoms with Crippen LogP contribution in [-0.2, 0) is 0 Å². The molecule has 2 nitrogen and oxygen atoms in total. The second kappa shape index (κ2) is 7.29. The van der Waals surface area contributed by atoms with Crippen molar-refractivity contribution in [3.63, 3.8) is 0 Å². The van der Waals surface area contributed by atoms with Gasteiger partial charge >= 0.3 is 0 Å². The van der Waals surface area contributed by atoms with Gasteiger partial charge < -0.3 is 11.1 Å². The average molecular weight is 226 g/mol. The minimum absolute atomic E-state index is 0.714. The fourth-order valence-electron chi connectivity index (χ4n) is 2.88. The normalized spacial score (nSPS) is 27.6. The lowest BCUT2D eigenvalue weighted by molar-refractivity contribution is 0.373. The SMILES string of the molecule is CC(C)CC(CN)CCNC1CCC(C)C1. The van der Waals surface area contributed by atoms with E-state index in [2.05, 4.69) is 26.1 Å². The highest BCUT2D eigenvalue weighted by Crippen LogP contribution is 2.24. The minimum atomic E-state index is 0.714. The van der Waals surface area contributed by atoms with E-state index < -0.39 is 0 Å². The van der Waals surface area contributed by atoms with Crippen molar-refractivity contribution in [2.24, 2.45) is 23.5 Å². The molecule has 3 atom stereocenters. The molecule has 0 aromatic rings. The molecule has 0 saturated heterocycles. The van der Waals surface area contributed by atoms with E-state index in [9.17, 15) is 0 Å². The van der Waals surface area contributed by atoms with Crippen LogP contribution in [0.3, 0.4) is 0 Å². The molecule has 0 radical (unpaired) electrons. The maximum Gasteiger partial charge on any atom is 0.00697 e. The first-order valence-corrected chi connectivity index (χ1v) is 7.05. The first kappa shape index (κ1) is 14.0. The van der Waals surface area contributed by atoms with Crippen molar-refractivity contribution in [2.45, 2.75) is 58.9 Å². The summed E-state index contributed by atoms with van der Waals surface area (Å²) in [6, 6.07) is 0.785. The molecular formula is C14H30N2. The van der Waals surface area contributed by atoms with Crippen molar-refractivity contribution in [3.05, 3.63) is 0 Å². The molecule has 0 aliphatic heterocycles. The summed E-state index contributed by atoms with van der Waals surface area (Å²) in [6.45, 7) is 8.94. The van der Waals surface area contributed by atoms with Crippen LogP contribution >= 0.6 is 0 Å². The maximum absolute atomic E-state index is 5.81. The predicted molar refractivity (Wildman–Crippen MR) is 71.4 cm³/mol. The zero-order valence-electron chi connectivity index (χ0n) is 11.3. The van der Waals surface area contributed by atoms with E-state index in [1.807, 2.05) is 0 Å².